The number of aromatic nitrogens is 2. The molecule has 88 valence electrons. The van der Waals surface area contributed by atoms with Crippen LogP contribution in [0.3, 0.4) is 0 Å². The van der Waals surface area contributed by atoms with Crippen molar-refractivity contribution in [3.05, 3.63) is 30.1 Å². The summed E-state index contributed by atoms with van der Waals surface area (Å²) in [5.74, 6) is 0.866. The van der Waals surface area contributed by atoms with Crippen LogP contribution in [0.25, 0.3) is 11.0 Å². The molecule has 4 heteroatoms. The second kappa shape index (κ2) is 5.46. The Labute approximate surface area is 101 Å². The first-order chi connectivity index (χ1) is 8.36. The number of hydrogen-bond donors (Lipinski definition) is 1. The van der Waals surface area contributed by atoms with E-state index in [-0.39, 0.29) is 0 Å². The third kappa shape index (κ3) is 2.45. The lowest BCUT2D eigenvalue weighted by molar-refractivity contribution is 0.608. The molecule has 0 saturated carbocycles. The molecule has 0 aliphatic carbocycles. The van der Waals surface area contributed by atoms with Gasteiger partial charge in [-0.2, -0.15) is 5.26 Å². The van der Waals surface area contributed by atoms with Gasteiger partial charge in [-0.3, -0.25) is 0 Å². The topological polar surface area (TPSA) is 53.6 Å². The number of rotatable bonds is 5. The van der Waals surface area contributed by atoms with E-state index < -0.39 is 0 Å². The molecular weight excluding hydrogens is 212 g/mol. The van der Waals surface area contributed by atoms with Gasteiger partial charge in [0.05, 0.1) is 23.5 Å². The Kier molecular flexibility index (Phi) is 3.73. The summed E-state index contributed by atoms with van der Waals surface area (Å²) < 4.78 is 2.15. The van der Waals surface area contributed by atoms with Gasteiger partial charge >= 0.3 is 0 Å². The first-order valence-electron chi connectivity index (χ1n) is 5.82. The number of imidazole rings is 1. The molecule has 1 N–H and O–H groups in total. The number of benzene rings is 1. The molecule has 2 aromatic rings. The van der Waals surface area contributed by atoms with Crippen LogP contribution in [0.5, 0.6) is 0 Å². The van der Waals surface area contributed by atoms with Crippen LogP contribution in [0.2, 0.25) is 0 Å². The van der Waals surface area contributed by atoms with E-state index in [4.69, 9.17) is 5.26 Å². The Balaban J connectivity index is 2.34. The number of nitrogens with one attached hydrogen (secondary N) is 1. The number of nitriles is 1. The Bertz CT molecular complexity index is 536. The summed E-state index contributed by atoms with van der Waals surface area (Å²) in [6, 6.07) is 10.2. The summed E-state index contributed by atoms with van der Waals surface area (Å²) >= 11 is 0. The predicted octanol–water partition coefficient (Wildman–Crippen LogP) is 1.71. The fourth-order valence-corrected chi connectivity index (χ4v) is 1.99. The highest BCUT2D eigenvalue weighted by Crippen LogP contribution is 2.16. The van der Waals surface area contributed by atoms with E-state index in [0.29, 0.717) is 6.42 Å². The zero-order valence-corrected chi connectivity index (χ0v) is 9.98. The third-order valence-electron chi connectivity index (χ3n) is 2.78. The zero-order chi connectivity index (χ0) is 12.1. The normalized spacial score (nSPS) is 10.6. The van der Waals surface area contributed by atoms with Gasteiger partial charge in [-0.25, -0.2) is 4.98 Å². The van der Waals surface area contributed by atoms with Gasteiger partial charge in [0.2, 0.25) is 0 Å². The fourth-order valence-electron chi connectivity index (χ4n) is 1.99. The third-order valence-corrected chi connectivity index (χ3v) is 2.78. The van der Waals surface area contributed by atoms with Gasteiger partial charge in [-0.15, -0.1) is 0 Å². The monoisotopic (exact) mass is 228 g/mol. The molecule has 0 aliphatic heterocycles. The molecule has 0 unspecified atom stereocenters. The molecule has 0 atom stereocenters. The largest absolute Gasteiger partial charge is 0.327 e. The molecule has 0 radical (unpaired) electrons. The molecule has 17 heavy (non-hydrogen) atoms. The SMILES string of the molecule is CNCCCn1c(CC#N)nc2ccccc21. The number of fused-ring (bicyclic) bond motifs is 1. The molecule has 0 bridgehead atoms. The number of nitrogens with zero attached hydrogens (tertiary/aromatic N) is 3. The predicted molar refractivity (Wildman–Crippen MR) is 67.6 cm³/mol. The van der Waals surface area contributed by atoms with Crippen LogP contribution < -0.4 is 5.32 Å². The average Bonchev–Trinajstić information content (AvgIpc) is 2.69. The molecule has 0 amide bonds. The first kappa shape index (κ1) is 11.6. The zero-order valence-electron chi connectivity index (χ0n) is 9.98. The minimum absolute atomic E-state index is 0.369. The lowest BCUT2D eigenvalue weighted by Crippen LogP contribution is -2.12. The average molecular weight is 228 g/mol. The van der Waals surface area contributed by atoms with Crippen molar-refractivity contribution in [1.29, 1.82) is 5.26 Å². The molecular formula is C13H16N4. The highest BCUT2D eigenvalue weighted by molar-refractivity contribution is 5.75. The molecule has 1 aromatic heterocycles. The molecule has 1 heterocycles. The van der Waals surface area contributed by atoms with E-state index in [1.807, 2.05) is 25.2 Å². The van der Waals surface area contributed by atoms with Gasteiger partial charge < -0.3 is 9.88 Å². The molecule has 1 aromatic carbocycles. The molecule has 4 nitrogen and oxygen atoms in total. The van der Waals surface area contributed by atoms with E-state index in [1.54, 1.807) is 0 Å². The van der Waals surface area contributed by atoms with Crippen molar-refractivity contribution in [1.82, 2.24) is 14.9 Å². The lowest BCUT2D eigenvalue weighted by atomic mass is 10.3. The number of hydrogen-bond acceptors (Lipinski definition) is 3. The van der Waals surface area contributed by atoms with Gasteiger partial charge in [0.1, 0.15) is 5.82 Å². The van der Waals surface area contributed by atoms with Crippen LogP contribution in [0.1, 0.15) is 12.2 Å². The van der Waals surface area contributed by atoms with E-state index in [0.717, 1.165) is 36.4 Å². The second-order valence-corrected chi connectivity index (χ2v) is 3.96. The van der Waals surface area contributed by atoms with E-state index in [1.165, 1.54) is 0 Å². The van der Waals surface area contributed by atoms with Gasteiger partial charge in [0.15, 0.2) is 0 Å². The molecule has 0 aliphatic rings. The summed E-state index contributed by atoms with van der Waals surface area (Å²) in [4.78, 5) is 4.50. The van der Waals surface area contributed by atoms with Crippen LogP contribution in [-0.4, -0.2) is 23.1 Å². The molecule has 0 spiro atoms. The van der Waals surface area contributed by atoms with E-state index >= 15 is 0 Å². The quantitative estimate of drug-likeness (QED) is 0.793. The van der Waals surface area contributed by atoms with E-state index in [9.17, 15) is 0 Å². The smallest absolute Gasteiger partial charge is 0.124 e. The molecule has 2 rings (SSSR count). The highest BCUT2D eigenvalue weighted by Gasteiger charge is 2.08. The van der Waals surface area contributed by atoms with Crippen LogP contribution >= 0.6 is 0 Å². The minimum atomic E-state index is 0.369. The van der Waals surface area contributed by atoms with Gasteiger partial charge in [-0.05, 0) is 32.1 Å². The van der Waals surface area contributed by atoms with Crippen LogP contribution in [0.4, 0.5) is 0 Å². The van der Waals surface area contributed by atoms with Gasteiger partial charge in [0, 0.05) is 6.54 Å². The van der Waals surface area contributed by atoms with Gasteiger partial charge in [0.25, 0.3) is 0 Å². The Hall–Kier alpha value is -1.86. The second-order valence-electron chi connectivity index (χ2n) is 3.96. The fraction of sp³-hybridized carbons (Fsp3) is 0.385. The number of aryl methyl sites for hydroxylation is 1. The summed E-state index contributed by atoms with van der Waals surface area (Å²) in [6.07, 6.45) is 1.41. The Morgan fingerprint density at radius 1 is 1.41 bits per heavy atom. The maximum Gasteiger partial charge on any atom is 0.124 e. The van der Waals surface area contributed by atoms with Crippen LogP contribution in [0, 0.1) is 11.3 Å². The van der Waals surface area contributed by atoms with Crippen molar-refractivity contribution < 1.29 is 0 Å². The van der Waals surface area contributed by atoms with Crippen molar-refractivity contribution in [2.75, 3.05) is 13.6 Å². The first-order valence-corrected chi connectivity index (χ1v) is 5.82. The maximum absolute atomic E-state index is 8.83. The minimum Gasteiger partial charge on any atom is -0.327 e. The van der Waals surface area contributed by atoms with Crippen LogP contribution in [-0.2, 0) is 13.0 Å². The standard InChI is InChI=1S/C13H16N4/c1-15-9-4-10-17-12-6-3-2-5-11(12)16-13(17)7-8-14/h2-3,5-6,15H,4,7,9-10H2,1H3. The van der Waals surface area contributed by atoms with Crippen molar-refractivity contribution in [3.8, 4) is 6.07 Å². The number of para-hydroxylation sites is 2. The maximum atomic E-state index is 8.83. The summed E-state index contributed by atoms with van der Waals surface area (Å²) in [5.41, 5.74) is 2.09. The van der Waals surface area contributed by atoms with Crippen LogP contribution in [0.15, 0.2) is 24.3 Å². The highest BCUT2D eigenvalue weighted by atomic mass is 15.1. The summed E-state index contributed by atoms with van der Waals surface area (Å²) in [5, 5.41) is 12.0. The lowest BCUT2D eigenvalue weighted by Gasteiger charge is -2.06. The van der Waals surface area contributed by atoms with Crippen molar-refractivity contribution >= 4 is 11.0 Å². The van der Waals surface area contributed by atoms with Crippen molar-refractivity contribution in [3.63, 3.8) is 0 Å². The summed E-state index contributed by atoms with van der Waals surface area (Å²) in [6.45, 7) is 1.87. The van der Waals surface area contributed by atoms with E-state index in [2.05, 4.69) is 27.0 Å². The Morgan fingerprint density at radius 2 is 2.24 bits per heavy atom. The van der Waals surface area contributed by atoms with Gasteiger partial charge in [-0.1, -0.05) is 12.1 Å². The van der Waals surface area contributed by atoms with Crippen molar-refractivity contribution in [2.24, 2.45) is 0 Å². The molecule has 0 fully saturated rings. The summed E-state index contributed by atoms with van der Waals surface area (Å²) in [7, 11) is 1.95. The van der Waals surface area contributed by atoms with Crippen molar-refractivity contribution in [2.45, 2.75) is 19.4 Å². The Morgan fingerprint density at radius 3 is 3.00 bits per heavy atom. The molecule has 0 saturated heterocycles.